The zero-order chi connectivity index (χ0) is 13.4. The fraction of sp³-hybridized carbons (Fsp3) is 0.571. The van der Waals surface area contributed by atoms with Crippen molar-refractivity contribution in [2.24, 2.45) is 0 Å². The van der Waals surface area contributed by atoms with Crippen molar-refractivity contribution in [2.45, 2.75) is 26.4 Å². The van der Waals surface area contributed by atoms with E-state index in [4.69, 9.17) is 14.2 Å². The van der Waals surface area contributed by atoms with Crippen molar-refractivity contribution in [3.8, 4) is 11.5 Å². The van der Waals surface area contributed by atoms with Crippen molar-refractivity contribution < 1.29 is 19.3 Å². The second kappa shape index (κ2) is 7.95. The number of rotatable bonds is 8. The zero-order valence-electron chi connectivity index (χ0n) is 11.3. The van der Waals surface area contributed by atoms with Crippen LogP contribution in [0, 0.1) is 0 Å². The van der Waals surface area contributed by atoms with Gasteiger partial charge in [-0.2, -0.15) is 0 Å². The first kappa shape index (κ1) is 14.8. The molecule has 0 saturated carbocycles. The Bertz CT molecular complexity index is 350. The molecule has 0 saturated heterocycles. The fourth-order valence-electron chi connectivity index (χ4n) is 1.60. The van der Waals surface area contributed by atoms with E-state index in [1.54, 1.807) is 20.1 Å². The maximum absolute atomic E-state index is 9.66. The van der Waals surface area contributed by atoms with Crippen molar-refractivity contribution >= 4 is 0 Å². The van der Waals surface area contributed by atoms with Gasteiger partial charge in [0.2, 0.25) is 0 Å². The highest BCUT2D eigenvalue weighted by Gasteiger charge is 2.10. The summed E-state index contributed by atoms with van der Waals surface area (Å²) in [6, 6.07) is 5.43. The van der Waals surface area contributed by atoms with E-state index in [9.17, 15) is 5.11 Å². The van der Waals surface area contributed by atoms with Crippen LogP contribution in [0.1, 0.15) is 31.9 Å². The predicted octanol–water partition coefficient (Wildman–Crippen LogP) is 2.55. The van der Waals surface area contributed by atoms with Crippen molar-refractivity contribution in [2.75, 3.05) is 26.9 Å². The summed E-state index contributed by atoms with van der Waals surface area (Å²) in [5, 5.41) is 9.66. The standard InChI is InChI=1S/C14H22O4/c1-4-17-8-5-9-18-14-10-12(16-3)6-7-13(14)11(2)15/h6-7,10-11,15H,4-5,8-9H2,1-3H3/t11-/m0/s1. The highest BCUT2D eigenvalue weighted by Crippen LogP contribution is 2.29. The lowest BCUT2D eigenvalue weighted by molar-refractivity contribution is 0.129. The number of hydrogen-bond donors (Lipinski definition) is 1. The van der Waals surface area contributed by atoms with Crippen LogP contribution in [0.5, 0.6) is 11.5 Å². The Morgan fingerprint density at radius 1 is 1.28 bits per heavy atom. The van der Waals surface area contributed by atoms with E-state index in [0.29, 0.717) is 19.0 Å². The van der Waals surface area contributed by atoms with Gasteiger partial charge in [0, 0.05) is 31.3 Å². The van der Waals surface area contributed by atoms with E-state index in [0.717, 1.165) is 24.3 Å². The molecule has 0 aliphatic carbocycles. The molecule has 1 N–H and O–H groups in total. The average molecular weight is 254 g/mol. The van der Waals surface area contributed by atoms with E-state index >= 15 is 0 Å². The minimum atomic E-state index is -0.558. The SMILES string of the molecule is CCOCCCOc1cc(OC)ccc1[C@H](C)O. The van der Waals surface area contributed by atoms with Crippen molar-refractivity contribution in [1.82, 2.24) is 0 Å². The summed E-state index contributed by atoms with van der Waals surface area (Å²) in [5.41, 5.74) is 0.771. The summed E-state index contributed by atoms with van der Waals surface area (Å²) in [4.78, 5) is 0. The van der Waals surface area contributed by atoms with Crippen LogP contribution in [-0.4, -0.2) is 32.0 Å². The smallest absolute Gasteiger partial charge is 0.128 e. The fourth-order valence-corrected chi connectivity index (χ4v) is 1.60. The van der Waals surface area contributed by atoms with Gasteiger partial charge in [-0.3, -0.25) is 0 Å². The molecule has 1 aromatic rings. The molecule has 0 spiro atoms. The van der Waals surface area contributed by atoms with Gasteiger partial charge >= 0.3 is 0 Å². The van der Waals surface area contributed by atoms with E-state index in [-0.39, 0.29) is 0 Å². The number of ether oxygens (including phenoxy) is 3. The molecule has 0 aliphatic rings. The molecule has 1 aromatic carbocycles. The summed E-state index contributed by atoms with van der Waals surface area (Å²) in [5.74, 6) is 1.39. The van der Waals surface area contributed by atoms with Crippen LogP contribution in [0.4, 0.5) is 0 Å². The maximum atomic E-state index is 9.66. The lowest BCUT2D eigenvalue weighted by Gasteiger charge is -2.14. The molecule has 0 aromatic heterocycles. The molecule has 0 fully saturated rings. The predicted molar refractivity (Wildman–Crippen MR) is 70.2 cm³/mol. The summed E-state index contributed by atoms with van der Waals surface area (Å²) in [7, 11) is 1.61. The molecular weight excluding hydrogens is 232 g/mol. The third kappa shape index (κ3) is 4.55. The van der Waals surface area contributed by atoms with Crippen LogP contribution in [0.25, 0.3) is 0 Å². The monoisotopic (exact) mass is 254 g/mol. The number of benzene rings is 1. The molecular formula is C14H22O4. The first-order chi connectivity index (χ1) is 8.69. The lowest BCUT2D eigenvalue weighted by atomic mass is 10.1. The molecule has 0 aliphatic heterocycles. The first-order valence-electron chi connectivity index (χ1n) is 6.25. The molecule has 1 atom stereocenters. The Morgan fingerprint density at radius 3 is 2.67 bits per heavy atom. The normalized spacial score (nSPS) is 12.2. The minimum absolute atomic E-state index is 0.558. The molecule has 4 heteroatoms. The molecule has 0 bridgehead atoms. The van der Waals surface area contributed by atoms with Crippen molar-refractivity contribution in [3.63, 3.8) is 0 Å². The van der Waals surface area contributed by atoms with Gasteiger partial charge in [-0.1, -0.05) is 0 Å². The van der Waals surface area contributed by atoms with Gasteiger partial charge in [-0.05, 0) is 26.0 Å². The van der Waals surface area contributed by atoms with Gasteiger partial charge in [0.15, 0.2) is 0 Å². The quantitative estimate of drug-likeness (QED) is 0.724. The largest absolute Gasteiger partial charge is 0.497 e. The number of aliphatic hydroxyl groups excluding tert-OH is 1. The Kier molecular flexibility index (Phi) is 6.54. The number of methoxy groups -OCH3 is 1. The van der Waals surface area contributed by atoms with E-state index in [1.807, 2.05) is 19.1 Å². The molecule has 4 nitrogen and oxygen atoms in total. The topological polar surface area (TPSA) is 47.9 Å². The Hall–Kier alpha value is -1.26. The highest BCUT2D eigenvalue weighted by molar-refractivity contribution is 5.41. The number of hydrogen-bond acceptors (Lipinski definition) is 4. The van der Waals surface area contributed by atoms with Gasteiger partial charge in [-0.25, -0.2) is 0 Å². The molecule has 18 heavy (non-hydrogen) atoms. The highest BCUT2D eigenvalue weighted by atomic mass is 16.5. The molecule has 0 radical (unpaired) electrons. The summed E-state index contributed by atoms with van der Waals surface area (Å²) in [6.45, 7) is 5.65. The molecule has 0 heterocycles. The van der Waals surface area contributed by atoms with Crippen LogP contribution in [-0.2, 0) is 4.74 Å². The molecule has 0 amide bonds. The Balaban J connectivity index is 2.60. The molecule has 0 unspecified atom stereocenters. The minimum Gasteiger partial charge on any atom is -0.497 e. The average Bonchev–Trinajstić information content (AvgIpc) is 2.38. The van der Waals surface area contributed by atoms with Crippen molar-refractivity contribution in [3.05, 3.63) is 23.8 Å². The van der Waals surface area contributed by atoms with Gasteiger partial charge < -0.3 is 19.3 Å². The first-order valence-corrected chi connectivity index (χ1v) is 6.25. The third-order valence-corrected chi connectivity index (χ3v) is 2.57. The second-order valence-electron chi connectivity index (χ2n) is 3.98. The van der Waals surface area contributed by atoms with Gasteiger partial charge in [0.25, 0.3) is 0 Å². The molecule has 102 valence electrons. The van der Waals surface area contributed by atoms with Gasteiger partial charge in [0.1, 0.15) is 11.5 Å². The third-order valence-electron chi connectivity index (χ3n) is 2.57. The van der Waals surface area contributed by atoms with Crippen LogP contribution in [0.3, 0.4) is 0 Å². The van der Waals surface area contributed by atoms with Crippen LogP contribution >= 0.6 is 0 Å². The summed E-state index contributed by atoms with van der Waals surface area (Å²) >= 11 is 0. The van der Waals surface area contributed by atoms with E-state index < -0.39 is 6.10 Å². The van der Waals surface area contributed by atoms with Crippen LogP contribution < -0.4 is 9.47 Å². The zero-order valence-corrected chi connectivity index (χ0v) is 11.3. The van der Waals surface area contributed by atoms with Crippen molar-refractivity contribution in [1.29, 1.82) is 0 Å². The summed E-state index contributed by atoms with van der Waals surface area (Å²) in [6.07, 6.45) is 0.266. The van der Waals surface area contributed by atoms with E-state index in [1.165, 1.54) is 0 Å². The summed E-state index contributed by atoms with van der Waals surface area (Å²) < 4.78 is 16.1. The molecule has 1 rings (SSSR count). The van der Waals surface area contributed by atoms with E-state index in [2.05, 4.69) is 0 Å². The Morgan fingerprint density at radius 2 is 2.06 bits per heavy atom. The van der Waals surface area contributed by atoms with Crippen LogP contribution in [0.2, 0.25) is 0 Å². The van der Waals surface area contributed by atoms with Gasteiger partial charge in [-0.15, -0.1) is 0 Å². The van der Waals surface area contributed by atoms with Crippen LogP contribution in [0.15, 0.2) is 18.2 Å². The second-order valence-corrected chi connectivity index (χ2v) is 3.98. The Labute approximate surface area is 108 Å². The lowest BCUT2D eigenvalue weighted by Crippen LogP contribution is -2.05. The maximum Gasteiger partial charge on any atom is 0.128 e. The number of aliphatic hydroxyl groups is 1. The van der Waals surface area contributed by atoms with Gasteiger partial charge in [0.05, 0.1) is 19.8 Å².